The molecule has 0 fully saturated rings. The van der Waals surface area contributed by atoms with Gasteiger partial charge in [0.1, 0.15) is 12.4 Å². The van der Waals surface area contributed by atoms with Crippen LogP contribution in [0.4, 0.5) is 0 Å². The lowest BCUT2D eigenvalue weighted by Crippen LogP contribution is -2.26. The molecule has 2 heteroatoms. The lowest BCUT2D eigenvalue weighted by atomic mass is 9.70. The van der Waals surface area contributed by atoms with Gasteiger partial charge in [0, 0.05) is 11.6 Å². The first-order valence-electron chi connectivity index (χ1n) is 9.10. The Morgan fingerprint density at radius 1 is 1.04 bits per heavy atom. The average molecular weight is 323 g/mol. The van der Waals surface area contributed by atoms with Crippen LogP contribution >= 0.6 is 0 Å². The zero-order chi connectivity index (χ0) is 17.4. The van der Waals surface area contributed by atoms with Crippen molar-refractivity contribution in [3.63, 3.8) is 0 Å². The normalized spacial score (nSPS) is 11.5. The quantitative estimate of drug-likeness (QED) is 0.584. The van der Waals surface area contributed by atoms with Crippen molar-refractivity contribution >= 4 is 0 Å². The molecule has 0 N–H and O–H groups in total. The molecule has 0 amide bonds. The predicted molar refractivity (Wildman–Crippen MR) is 100 cm³/mol. The summed E-state index contributed by atoms with van der Waals surface area (Å²) in [5.74, 6) is 0.916. The van der Waals surface area contributed by atoms with E-state index in [2.05, 4.69) is 57.3 Å². The summed E-state index contributed by atoms with van der Waals surface area (Å²) in [5.41, 5.74) is 3.77. The van der Waals surface area contributed by atoms with Crippen molar-refractivity contribution in [2.75, 3.05) is 0 Å². The second-order valence-corrected chi connectivity index (χ2v) is 6.10. The van der Waals surface area contributed by atoms with Crippen LogP contribution in [0, 0.1) is 6.42 Å². The lowest BCUT2D eigenvalue weighted by Gasteiger charge is -2.33. The standard InChI is InChI=1S/C22H29NO/c1-5-14-22(7-3,8-4)21-13-12-20(16-18(21)6-2)24-17-19-11-9-10-15-23-19/h9-13,15-16H,5-8,17H2,1-4H3. The van der Waals surface area contributed by atoms with Crippen molar-refractivity contribution in [2.24, 2.45) is 0 Å². The molecule has 0 saturated heterocycles. The van der Waals surface area contributed by atoms with E-state index >= 15 is 0 Å². The molecule has 0 aliphatic heterocycles. The van der Waals surface area contributed by atoms with Crippen molar-refractivity contribution in [1.29, 1.82) is 0 Å². The Labute approximate surface area is 147 Å². The topological polar surface area (TPSA) is 22.1 Å². The Bertz CT molecular complexity index is 617. The first kappa shape index (κ1) is 18.5. The largest absolute Gasteiger partial charge is 0.487 e. The summed E-state index contributed by atoms with van der Waals surface area (Å²) in [7, 11) is 0. The summed E-state index contributed by atoms with van der Waals surface area (Å²) in [6.45, 7) is 9.41. The van der Waals surface area contributed by atoms with Crippen LogP contribution < -0.4 is 4.74 Å². The Morgan fingerprint density at radius 2 is 1.83 bits per heavy atom. The third kappa shape index (κ3) is 4.17. The van der Waals surface area contributed by atoms with Gasteiger partial charge in [-0.1, -0.05) is 39.8 Å². The zero-order valence-electron chi connectivity index (χ0n) is 15.4. The summed E-state index contributed by atoms with van der Waals surface area (Å²) in [6.07, 6.45) is 9.65. The minimum Gasteiger partial charge on any atom is -0.487 e. The summed E-state index contributed by atoms with van der Waals surface area (Å²) in [5, 5.41) is 0. The van der Waals surface area contributed by atoms with Crippen LogP contribution in [0.25, 0.3) is 0 Å². The van der Waals surface area contributed by atoms with Gasteiger partial charge in [-0.15, -0.1) is 0 Å². The molecule has 2 rings (SSSR count). The molecular formula is C22H29NO. The fraction of sp³-hybridized carbons (Fsp3) is 0.455. The van der Waals surface area contributed by atoms with Gasteiger partial charge in [0.05, 0.1) is 5.69 Å². The van der Waals surface area contributed by atoms with Gasteiger partial charge in [0.25, 0.3) is 0 Å². The van der Waals surface area contributed by atoms with Gasteiger partial charge in [-0.25, -0.2) is 0 Å². The van der Waals surface area contributed by atoms with E-state index in [0.29, 0.717) is 6.61 Å². The highest BCUT2D eigenvalue weighted by Gasteiger charge is 2.30. The molecular weight excluding hydrogens is 294 g/mol. The first-order valence-corrected chi connectivity index (χ1v) is 9.10. The number of aryl methyl sites for hydroxylation is 1. The van der Waals surface area contributed by atoms with Gasteiger partial charge in [0.15, 0.2) is 0 Å². The van der Waals surface area contributed by atoms with Gasteiger partial charge in [-0.05, 0) is 67.5 Å². The number of ether oxygens (including phenoxy) is 1. The van der Waals surface area contributed by atoms with E-state index in [1.165, 1.54) is 11.1 Å². The molecule has 1 heterocycles. The van der Waals surface area contributed by atoms with Gasteiger partial charge in [0.2, 0.25) is 0 Å². The molecule has 2 radical (unpaired) electrons. The van der Waals surface area contributed by atoms with E-state index in [9.17, 15) is 0 Å². The summed E-state index contributed by atoms with van der Waals surface area (Å²) in [6, 6.07) is 12.4. The SMILES string of the molecule is CC[C]C(CC)(CC)c1ccc(OCc2ccccn2)cc1CC. The molecule has 0 atom stereocenters. The molecule has 0 bridgehead atoms. The molecule has 24 heavy (non-hydrogen) atoms. The maximum atomic E-state index is 5.95. The molecule has 0 spiro atoms. The van der Waals surface area contributed by atoms with Gasteiger partial charge in [-0.2, -0.15) is 0 Å². The van der Waals surface area contributed by atoms with E-state index in [4.69, 9.17) is 4.74 Å². The maximum absolute atomic E-state index is 5.95. The van der Waals surface area contributed by atoms with E-state index in [1.54, 1.807) is 6.20 Å². The van der Waals surface area contributed by atoms with Gasteiger partial charge >= 0.3 is 0 Å². The summed E-state index contributed by atoms with van der Waals surface area (Å²) >= 11 is 0. The van der Waals surface area contributed by atoms with Crippen molar-refractivity contribution in [2.45, 2.75) is 65.4 Å². The molecule has 1 aromatic heterocycles. The highest BCUT2D eigenvalue weighted by Crippen LogP contribution is 2.39. The third-order valence-electron chi connectivity index (χ3n) is 4.81. The molecule has 0 saturated carbocycles. The van der Waals surface area contributed by atoms with E-state index in [0.717, 1.165) is 37.1 Å². The van der Waals surface area contributed by atoms with E-state index in [-0.39, 0.29) is 5.41 Å². The van der Waals surface area contributed by atoms with Crippen molar-refractivity contribution in [1.82, 2.24) is 4.98 Å². The number of benzene rings is 1. The number of hydrogen-bond donors (Lipinski definition) is 0. The van der Waals surface area contributed by atoms with Gasteiger partial charge in [-0.3, -0.25) is 4.98 Å². The van der Waals surface area contributed by atoms with Crippen LogP contribution in [-0.4, -0.2) is 4.98 Å². The minimum absolute atomic E-state index is 0.0552. The van der Waals surface area contributed by atoms with Crippen LogP contribution in [0.15, 0.2) is 42.6 Å². The second-order valence-electron chi connectivity index (χ2n) is 6.10. The third-order valence-corrected chi connectivity index (χ3v) is 4.81. The summed E-state index contributed by atoms with van der Waals surface area (Å²) < 4.78 is 5.95. The lowest BCUT2D eigenvalue weighted by molar-refractivity contribution is 0.300. The number of pyridine rings is 1. The van der Waals surface area contributed by atoms with E-state index < -0.39 is 0 Å². The van der Waals surface area contributed by atoms with Crippen LogP contribution in [-0.2, 0) is 18.4 Å². The van der Waals surface area contributed by atoms with Crippen molar-refractivity contribution in [3.05, 3.63) is 65.8 Å². The molecule has 0 aliphatic carbocycles. The van der Waals surface area contributed by atoms with Crippen molar-refractivity contribution in [3.8, 4) is 5.75 Å². The molecule has 2 nitrogen and oxygen atoms in total. The smallest absolute Gasteiger partial charge is 0.130 e. The molecule has 1 aromatic carbocycles. The van der Waals surface area contributed by atoms with Crippen LogP contribution in [0.5, 0.6) is 5.75 Å². The average Bonchev–Trinajstić information content (AvgIpc) is 2.65. The number of hydrogen-bond acceptors (Lipinski definition) is 2. The van der Waals surface area contributed by atoms with E-state index in [1.807, 2.05) is 18.2 Å². The first-order chi connectivity index (χ1) is 11.7. The Hall–Kier alpha value is -1.83. The second kappa shape index (κ2) is 8.86. The molecule has 2 aromatic rings. The predicted octanol–water partition coefficient (Wildman–Crippen LogP) is 5.77. The highest BCUT2D eigenvalue weighted by molar-refractivity contribution is 5.42. The number of aromatic nitrogens is 1. The minimum atomic E-state index is 0.0552. The highest BCUT2D eigenvalue weighted by atomic mass is 16.5. The number of rotatable bonds is 9. The Kier molecular flexibility index (Phi) is 6.84. The maximum Gasteiger partial charge on any atom is 0.130 e. The van der Waals surface area contributed by atoms with Crippen LogP contribution in [0.3, 0.4) is 0 Å². The van der Waals surface area contributed by atoms with Gasteiger partial charge < -0.3 is 4.74 Å². The fourth-order valence-electron chi connectivity index (χ4n) is 3.37. The molecule has 0 aliphatic rings. The number of nitrogens with zero attached hydrogens (tertiary/aromatic N) is 1. The summed E-state index contributed by atoms with van der Waals surface area (Å²) in [4.78, 5) is 4.31. The Balaban J connectivity index is 2.23. The van der Waals surface area contributed by atoms with Crippen LogP contribution in [0.2, 0.25) is 0 Å². The monoisotopic (exact) mass is 323 g/mol. The van der Waals surface area contributed by atoms with Crippen molar-refractivity contribution < 1.29 is 4.74 Å². The molecule has 128 valence electrons. The Morgan fingerprint density at radius 3 is 2.42 bits per heavy atom. The molecule has 0 unspecified atom stereocenters. The zero-order valence-corrected chi connectivity index (χ0v) is 15.4. The van der Waals surface area contributed by atoms with Crippen LogP contribution in [0.1, 0.15) is 63.8 Å². The fourth-order valence-corrected chi connectivity index (χ4v) is 3.37.